The van der Waals surface area contributed by atoms with Crippen molar-refractivity contribution in [2.24, 2.45) is 11.8 Å². The van der Waals surface area contributed by atoms with E-state index in [0.717, 1.165) is 15.9 Å². The maximum Gasteiger partial charge on any atom is 0.267 e. The van der Waals surface area contributed by atoms with Gasteiger partial charge in [-0.05, 0) is 52.7 Å². The van der Waals surface area contributed by atoms with Gasteiger partial charge in [0.15, 0.2) is 5.95 Å². The van der Waals surface area contributed by atoms with Crippen molar-refractivity contribution in [3.05, 3.63) is 45.6 Å². The molecule has 0 saturated heterocycles. The molecule has 0 spiro atoms. The molecule has 3 unspecified atom stereocenters. The van der Waals surface area contributed by atoms with Crippen molar-refractivity contribution in [2.45, 2.75) is 17.7 Å². The third-order valence-electron chi connectivity index (χ3n) is 5.49. The summed E-state index contributed by atoms with van der Waals surface area (Å²) in [5.74, 6) is 0.369. The van der Waals surface area contributed by atoms with Crippen molar-refractivity contribution < 1.29 is 9.59 Å². The van der Waals surface area contributed by atoms with Gasteiger partial charge in [0.25, 0.3) is 11.8 Å². The number of hydrogen-bond acceptors (Lipinski definition) is 5. The highest BCUT2D eigenvalue weighted by Gasteiger charge is 2.32. The summed E-state index contributed by atoms with van der Waals surface area (Å²) in [4.78, 5) is 35.5. The van der Waals surface area contributed by atoms with E-state index >= 15 is 0 Å². The zero-order chi connectivity index (χ0) is 21.3. The largest absolute Gasteiger partial charge is 0.379 e. The lowest BCUT2D eigenvalue weighted by atomic mass is 9.79. The Morgan fingerprint density at radius 2 is 1.93 bits per heavy atom. The van der Waals surface area contributed by atoms with E-state index in [2.05, 4.69) is 62.8 Å². The van der Waals surface area contributed by atoms with Gasteiger partial charge in [0, 0.05) is 36.0 Å². The first-order chi connectivity index (χ1) is 14.4. The minimum absolute atomic E-state index is 0.122. The number of carbonyl (C=O) groups excluding carboxylic acids is 2. The van der Waals surface area contributed by atoms with Gasteiger partial charge in [0.05, 0.1) is 16.2 Å². The van der Waals surface area contributed by atoms with Crippen LogP contribution in [0.2, 0.25) is 0 Å². The first kappa shape index (κ1) is 21.0. The third-order valence-corrected chi connectivity index (χ3v) is 6.54. The predicted octanol–water partition coefficient (Wildman–Crippen LogP) is 1.21. The molecule has 0 fully saturated rings. The van der Waals surface area contributed by atoms with Gasteiger partial charge in [-0.3, -0.25) is 9.59 Å². The van der Waals surface area contributed by atoms with Gasteiger partial charge in [-0.15, -0.1) is 0 Å². The van der Waals surface area contributed by atoms with E-state index < -0.39 is 0 Å². The Labute approximate surface area is 190 Å². The number of aromatic amines is 2. The first-order valence-electron chi connectivity index (χ1n) is 9.72. The first-order valence-corrected chi connectivity index (χ1v) is 11.4. The SMILES string of the molecule is Nc1nc2c([nH]1)CC(CNC(=O)c1cc(Br)c[nH]1)C(CNC(=O)C1=CC(Br)CN1)C2. The van der Waals surface area contributed by atoms with E-state index in [0.29, 0.717) is 49.8 Å². The molecule has 0 aromatic carbocycles. The smallest absolute Gasteiger partial charge is 0.267 e. The number of fused-ring (bicyclic) bond motifs is 1. The van der Waals surface area contributed by atoms with E-state index in [-0.39, 0.29) is 28.5 Å². The van der Waals surface area contributed by atoms with Crippen LogP contribution < -0.4 is 21.7 Å². The molecule has 1 aliphatic carbocycles. The van der Waals surface area contributed by atoms with Crippen LogP contribution in [0, 0.1) is 11.8 Å². The number of nitrogens with two attached hydrogens (primary N) is 1. The fraction of sp³-hybridized carbons (Fsp3) is 0.421. The molecule has 4 rings (SSSR count). The monoisotopic (exact) mass is 539 g/mol. The van der Waals surface area contributed by atoms with E-state index in [9.17, 15) is 9.59 Å². The molecular weight excluding hydrogens is 518 g/mol. The summed E-state index contributed by atoms with van der Waals surface area (Å²) >= 11 is 6.81. The van der Waals surface area contributed by atoms with E-state index in [1.165, 1.54) is 0 Å². The Bertz CT molecular complexity index is 983. The molecule has 2 aliphatic rings. The van der Waals surface area contributed by atoms with Crippen LogP contribution in [0.3, 0.4) is 0 Å². The van der Waals surface area contributed by atoms with Crippen molar-refractivity contribution in [1.82, 2.24) is 30.9 Å². The maximum atomic E-state index is 12.5. The Hall–Kier alpha value is -2.27. The number of nitrogens with zero attached hydrogens (tertiary/aromatic N) is 1. The maximum absolute atomic E-state index is 12.5. The van der Waals surface area contributed by atoms with Crippen LogP contribution in [0.25, 0.3) is 0 Å². The molecule has 0 saturated carbocycles. The second-order valence-electron chi connectivity index (χ2n) is 7.60. The molecule has 160 valence electrons. The summed E-state index contributed by atoms with van der Waals surface area (Å²) in [6, 6.07) is 1.74. The molecule has 3 atom stereocenters. The summed E-state index contributed by atoms with van der Waals surface area (Å²) in [6.07, 6.45) is 4.98. The summed E-state index contributed by atoms with van der Waals surface area (Å²) in [5, 5.41) is 9.11. The molecule has 2 aromatic heterocycles. The molecule has 9 nitrogen and oxygen atoms in total. The molecule has 2 amide bonds. The van der Waals surface area contributed by atoms with Crippen LogP contribution in [0.1, 0.15) is 21.9 Å². The quantitative estimate of drug-likeness (QED) is 0.305. The van der Waals surface area contributed by atoms with Gasteiger partial charge in [-0.1, -0.05) is 15.9 Å². The highest BCUT2D eigenvalue weighted by molar-refractivity contribution is 9.10. The average Bonchev–Trinajstić information content (AvgIpc) is 3.42. The molecule has 1 aliphatic heterocycles. The highest BCUT2D eigenvalue weighted by Crippen LogP contribution is 2.29. The van der Waals surface area contributed by atoms with Crippen LogP contribution in [0.4, 0.5) is 5.95 Å². The Morgan fingerprint density at radius 3 is 2.60 bits per heavy atom. The zero-order valence-electron chi connectivity index (χ0n) is 16.1. The fourth-order valence-corrected chi connectivity index (χ4v) is 4.70. The highest BCUT2D eigenvalue weighted by atomic mass is 79.9. The molecular formula is C19H23Br2N7O2. The number of anilines is 1. The average molecular weight is 541 g/mol. The number of carbonyl (C=O) groups is 2. The van der Waals surface area contributed by atoms with Crippen LogP contribution in [0.5, 0.6) is 0 Å². The van der Waals surface area contributed by atoms with Crippen molar-refractivity contribution in [1.29, 1.82) is 0 Å². The van der Waals surface area contributed by atoms with E-state index in [4.69, 9.17) is 5.73 Å². The molecule has 0 radical (unpaired) electrons. The van der Waals surface area contributed by atoms with Crippen LogP contribution in [0.15, 0.2) is 28.5 Å². The normalized spacial score (nSPS) is 22.7. The second-order valence-corrected chi connectivity index (χ2v) is 9.70. The minimum atomic E-state index is -0.165. The molecule has 30 heavy (non-hydrogen) atoms. The fourth-order valence-electron chi connectivity index (χ4n) is 3.93. The number of halogens is 2. The van der Waals surface area contributed by atoms with E-state index in [1.54, 1.807) is 12.3 Å². The number of amides is 2. The van der Waals surface area contributed by atoms with Gasteiger partial charge in [-0.2, -0.15) is 0 Å². The van der Waals surface area contributed by atoms with Crippen molar-refractivity contribution >= 4 is 49.6 Å². The third kappa shape index (κ3) is 4.72. The van der Waals surface area contributed by atoms with Gasteiger partial charge in [0.2, 0.25) is 0 Å². The number of aromatic nitrogens is 3. The summed E-state index contributed by atoms with van der Waals surface area (Å²) in [6.45, 7) is 1.68. The van der Waals surface area contributed by atoms with Crippen LogP contribution >= 0.6 is 31.9 Å². The van der Waals surface area contributed by atoms with Crippen molar-refractivity contribution in [3.8, 4) is 0 Å². The molecule has 3 heterocycles. The Balaban J connectivity index is 1.41. The molecule has 11 heteroatoms. The molecule has 0 bridgehead atoms. The van der Waals surface area contributed by atoms with Crippen LogP contribution in [-0.2, 0) is 17.6 Å². The Morgan fingerprint density at radius 1 is 1.20 bits per heavy atom. The summed E-state index contributed by atoms with van der Waals surface area (Å²) in [7, 11) is 0. The second kappa shape index (κ2) is 8.84. The number of hydrogen-bond donors (Lipinski definition) is 6. The van der Waals surface area contributed by atoms with Gasteiger partial charge in [0.1, 0.15) is 5.69 Å². The van der Waals surface area contributed by atoms with Crippen LogP contribution in [-0.4, -0.2) is 51.2 Å². The lowest BCUT2D eigenvalue weighted by Gasteiger charge is -2.31. The number of imidazole rings is 1. The van der Waals surface area contributed by atoms with Gasteiger partial charge < -0.3 is 31.7 Å². The number of rotatable bonds is 6. The predicted molar refractivity (Wildman–Crippen MR) is 120 cm³/mol. The Kier molecular flexibility index (Phi) is 6.19. The number of nitrogen functional groups attached to an aromatic ring is 1. The number of alkyl halides is 1. The van der Waals surface area contributed by atoms with Crippen molar-refractivity contribution in [2.75, 3.05) is 25.4 Å². The van der Waals surface area contributed by atoms with Gasteiger partial charge in [-0.25, -0.2) is 4.98 Å². The summed E-state index contributed by atoms with van der Waals surface area (Å²) in [5.41, 5.74) is 8.84. The number of nitrogens with one attached hydrogen (secondary N) is 5. The number of H-pyrrole nitrogens is 2. The lowest BCUT2D eigenvalue weighted by molar-refractivity contribution is -0.118. The topological polar surface area (TPSA) is 141 Å². The standard InChI is InChI=1S/C19H23Br2N7O2/c20-11-3-15(23-7-11)17(29)25-5-9-1-13-14(28-19(22)27-13)2-10(9)6-26-18(30)16-4-12(21)8-24-16/h3-4,7,9-10,12,23-24H,1-2,5-6,8H2,(H,25,29)(H,26,30)(H3,22,27,28). The zero-order valence-corrected chi connectivity index (χ0v) is 19.3. The van der Waals surface area contributed by atoms with Gasteiger partial charge >= 0.3 is 0 Å². The van der Waals surface area contributed by atoms with E-state index in [1.807, 2.05) is 6.08 Å². The lowest BCUT2D eigenvalue weighted by Crippen LogP contribution is -2.43. The molecule has 2 aromatic rings. The van der Waals surface area contributed by atoms with Crippen molar-refractivity contribution in [3.63, 3.8) is 0 Å². The molecule has 7 N–H and O–H groups in total. The minimum Gasteiger partial charge on any atom is -0.379 e. The summed E-state index contributed by atoms with van der Waals surface area (Å²) < 4.78 is 0.823.